The summed E-state index contributed by atoms with van der Waals surface area (Å²) in [5.41, 5.74) is 1.35. The lowest BCUT2D eigenvalue weighted by molar-refractivity contribution is 0.177. The third-order valence-corrected chi connectivity index (χ3v) is 3.84. The summed E-state index contributed by atoms with van der Waals surface area (Å²) in [6, 6.07) is 9.04. The summed E-state index contributed by atoms with van der Waals surface area (Å²) in [5, 5.41) is 12.2. The first kappa shape index (κ1) is 14.0. The van der Waals surface area contributed by atoms with Crippen LogP contribution in [0, 0.1) is 0 Å². The highest BCUT2D eigenvalue weighted by Gasteiger charge is 2.19. The molecule has 0 aromatic heterocycles. The van der Waals surface area contributed by atoms with Gasteiger partial charge in [-0.05, 0) is 37.1 Å². The van der Waals surface area contributed by atoms with Crippen LogP contribution in [-0.2, 0) is 6.54 Å². The summed E-state index contributed by atoms with van der Waals surface area (Å²) in [7, 11) is 0. The zero-order chi connectivity index (χ0) is 12.8. The highest BCUT2D eigenvalue weighted by atomic mass is 79.9. The van der Waals surface area contributed by atoms with E-state index in [9.17, 15) is 0 Å². The second-order valence-corrected chi connectivity index (χ2v) is 5.80. The van der Waals surface area contributed by atoms with Crippen LogP contribution in [0.2, 0.25) is 0 Å². The predicted octanol–water partition coefficient (Wildman–Crippen LogP) is 2.00. The van der Waals surface area contributed by atoms with Crippen LogP contribution in [-0.4, -0.2) is 42.3 Å². The molecule has 1 heterocycles. The summed E-state index contributed by atoms with van der Waals surface area (Å²) in [4.78, 5) is 2.49. The fraction of sp³-hybridized carbons (Fsp3) is 0.571. The average molecular weight is 313 g/mol. The molecule has 0 aliphatic carbocycles. The van der Waals surface area contributed by atoms with Gasteiger partial charge in [-0.15, -0.1) is 0 Å². The Morgan fingerprint density at radius 2 is 2.33 bits per heavy atom. The minimum absolute atomic E-state index is 0.224. The normalized spacial score (nSPS) is 21.1. The molecule has 0 amide bonds. The molecule has 1 aliphatic rings. The van der Waals surface area contributed by atoms with Gasteiger partial charge >= 0.3 is 0 Å². The minimum Gasteiger partial charge on any atom is -0.395 e. The largest absolute Gasteiger partial charge is 0.395 e. The van der Waals surface area contributed by atoms with E-state index < -0.39 is 0 Å². The lowest BCUT2D eigenvalue weighted by atomic mass is 10.0. The maximum absolute atomic E-state index is 8.85. The molecule has 0 spiro atoms. The fourth-order valence-corrected chi connectivity index (χ4v) is 2.97. The van der Waals surface area contributed by atoms with E-state index in [4.69, 9.17) is 5.11 Å². The quantitative estimate of drug-likeness (QED) is 0.873. The van der Waals surface area contributed by atoms with Gasteiger partial charge in [0.05, 0.1) is 6.61 Å². The summed E-state index contributed by atoms with van der Waals surface area (Å²) >= 11 is 3.51. The van der Waals surface area contributed by atoms with Crippen LogP contribution in [0.3, 0.4) is 0 Å². The highest BCUT2D eigenvalue weighted by Crippen LogP contribution is 2.16. The Morgan fingerprint density at radius 3 is 3.11 bits per heavy atom. The van der Waals surface area contributed by atoms with Crippen molar-refractivity contribution >= 4 is 15.9 Å². The smallest absolute Gasteiger partial charge is 0.0556 e. The van der Waals surface area contributed by atoms with Crippen LogP contribution < -0.4 is 5.32 Å². The molecule has 0 radical (unpaired) electrons. The monoisotopic (exact) mass is 312 g/mol. The van der Waals surface area contributed by atoms with Crippen LogP contribution in [0.25, 0.3) is 0 Å². The number of nitrogens with one attached hydrogen (secondary N) is 1. The zero-order valence-electron chi connectivity index (χ0n) is 10.6. The maximum Gasteiger partial charge on any atom is 0.0556 e. The van der Waals surface area contributed by atoms with E-state index in [0.717, 1.165) is 17.6 Å². The van der Waals surface area contributed by atoms with Crippen LogP contribution in [0.5, 0.6) is 0 Å². The second kappa shape index (κ2) is 7.24. The van der Waals surface area contributed by atoms with E-state index in [2.05, 4.69) is 50.4 Å². The molecular formula is C14H21BrN2O. The van der Waals surface area contributed by atoms with Crippen molar-refractivity contribution in [3.8, 4) is 0 Å². The van der Waals surface area contributed by atoms with Gasteiger partial charge in [-0.3, -0.25) is 4.90 Å². The topological polar surface area (TPSA) is 35.5 Å². The summed E-state index contributed by atoms with van der Waals surface area (Å²) < 4.78 is 1.15. The first-order valence-electron chi connectivity index (χ1n) is 6.59. The highest BCUT2D eigenvalue weighted by molar-refractivity contribution is 9.10. The molecule has 2 rings (SSSR count). The molecule has 4 heteroatoms. The molecule has 1 fully saturated rings. The first-order valence-corrected chi connectivity index (χ1v) is 7.38. The van der Waals surface area contributed by atoms with Crippen LogP contribution in [0.15, 0.2) is 28.7 Å². The number of aliphatic hydroxyl groups is 1. The van der Waals surface area contributed by atoms with E-state index >= 15 is 0 Å². The van der Waals surface area contributed by atoms with Gasteiger partial charge in [0.25, 0.3) is 0 Å². The van der Waals surface area contributed by atoms with E-state index in [-0.39, 0.29) is 6.61 Å². The van der Waals surface area contributed by atoms with Crippen molar-refractivity contribution in [1.29, 1.82) is 0 Å². The Labute approximate surface area is 117 Å². The molecule has 18 heavy (non-hydrogen) atoms. The molecule has 0 saturated carbocycles. The number of likely N-dealkylation sites (tertiary alicyclic amines) is 1. The summed E-state index contributed by atoms with van der Waals surface area (Å²) in [6.07, 6.45) is 2.45. The lowest BCUT2D eigenvalue weighted by Gasteiger charge is -2.33. The third-order valence-electron chi connectivity index (χ3n) is 3.35. The number of aliphatic hydroxyl groups excluding tert-OH is 1. The standard InChI is InChI=1S/C14H21BrN2O/c15-13-4-1-3-12(9-13)10-17-7-2-5-14(11-17)16-6-8-18/h1,3-4,9,14,16,18H,2,5-8,10-11H2. The van der Waals surface area contributed by atoms with E-state index in [1.807, 2.05) is 0 Å². The molecule has 3 nitrogen and oxygen atoms in total. The molecular weight excluding hydrogens is 292 g/mol. The Morgan fingerprint density at radius 1 is 1.44 bits per heavy atom. The van der Waals surface area contributed by atoms with Gasteiger partial charge in [-0.25, -0.2) is 0 Å². The number of hydrogen-bond donors (Lipinski definition) is 2. The molecule has 0 bridgehead atoms. The number of benzene rings is 1. The molecule has 100 valence electrons. The third kappa shape index (κ3) is 4.35. The van der Waals surface area contributed by atoms with Gasteiger partial charge in [-0.1, -0.05) is 28.1 Å². The molecule has 1 atom stereocenters. The molecule has 1 aliphatic heterocycles. The van der Waals surface area contributed by atoms with Gasteiger partial charge in [0.1, 0.15) is 0 Å². The SMILES string of the molecule is OCCNC1CCCN(Cc2cccc(Br)c2)C1. The van der Waals surface area contributed by atoms with Gasteiger partial charge < -0.3 is 10.4 Å². The van der Waals surface area contributed by atoms with E-state index in [1.54, 1.807) is 0 Å². The van der Waals surface area contributed by atoms with E-state index in [0.29, 0.717) is 12.6 Å². The second-order valence-electron chi connectivity index (χ2n) is 4.88. The number of hydrogen-bond acceptors (Lipinski definition) is 3. The lowest BCUT2D eigenvalue weighted by Crippen LogP contribution is -2.46. The Hall–Kier alpha value is -0.420. The number of nitrogens with zero attached hydrogens (tertiary/aromatic N) is 1. The number of rotatable bonds is 5. The van der Waals surface area contributed by atoms with E-state index in [1.165, 1.54) is 24.9 Å². The van der Waals surface area contributed by atoms with Gasteiger partial charge in [0.2, 0.25) is 0 Å². The Bertz CT molecular complexity index is 373. The van der Waals surface area contributed by atoms with Crippen LogP contribution in [0.1, 0.15) is 18.4 Å². The predicted molar refractivity (Wildman–Crippen MR) is 77.5 cm³/mol. The first-order chi connectivity index (χ1) is 8.78. The van der Waals surface area contributed by atoms with Gasteiger partial charge in [0, 0.05) is 30.1 Å². The van der Waals surface area contributed by atoms with Crippen molar-refractivity contribution < 1.29 is 5.11 Å². The fourth-order valence-electron chi connectivity index (χ4n) is 2.53. The zero-order valence-corrected chi connectivity index (χ0v) is 12.2. The molecule has 1 aromatic rings. The van der Waals surface area contributed by atoms with Crippen molar-refractivity contribution in [2.45, 2.75) is 25.4 Å². The van der Waals surface area contributed by atoms with Gasteiger partial charge in [-0.2, -0.15) is 0 Å². The summed E-state index contributed by atoms with van der Waals surface area (Å²) in [5.74, 6) is 0. The molecule has 1 saturated heterocycles. The Balaban J connectivity index is 1.85. The van der Waals surface area contributed by atoms with Gasteiger partial charge in [0.15, 0.2) is 0 Å². The number of piperidine rings is 1. The maximum atomic E-state index is 8.85. The van der Waals surface area contributed by atoms with Crippen LogP contribution >= 0.6 is 15.9 Å². The molecule has 2 N–H and O–H groups in total. The van der Waals surface area contributed by atoms with Crippen molar-refractivity contribution in [1.82, 2.24) is 10.2 Å². The Kier molecular flexibility index (Phi) is 5.63. The summed E-state index contributed by atoms with van der Waals surface area (Å²) in [6.45, 7) is 4.19. The molecule has 1 aromatic carbocycles. The van der Waals surface area contributed by atoms with Crippen LogP contribution in [0.4, 0.5) is 0 Å². The minimum atomic E-state index is 0.224. The van der Waals surface area contributed by atoms with Crippen molar-refractivity contribution in [2.24, 2.45) is 0 Å². The van der Waals surface area contributed by atoms with Crippen molar-refractivity contribution in [2.75, 3.05) is 26.2 Å². The average Bonchev–Trinajstić information content (AvgIpc) is 2.37. The van der Waals surface area contributed by atoms with Crippen molar-refractivity contribution in [3.05, 3.63) is 34.3 Å². The number of halogens is 1. The molecule has 1 unspecified atom stereocenters. The van der Waals surface area contributed by atoms with Crippen molar-refractivity contribution in [3.63, 3.8) is 0 Å².